The van der Waals surface area contributed by atoms with E-state index in [9.17, 15) is 9.59 Å². The minimum atomic E-state index is -0.216. The number of hydrogen-bond acceptors (Lipinski definition) is 2. The van der Waals surface area contributed by atoms with Gasteiger partial charge in [-0.1, -0.05) is 30.3 Å². The highest BCUT2D eigenvalue weighted by Crippen LogP contribution is 2.28. The number of hydrogen-bond donors (Lipinski definition) is 2. The number of amides is 2. The molecule has 122 valence electrons. The zero-order chi connectivity index (χ0) is 17.2. The predicted octanol–water partition coefficient (Wildman–Crippen LogP) is 4.10. The van der Waals surface area contributed by atoms with Crippen molar-refractivity contribution in [1.29, 1.82) is 0 Å². The first-order valence-electron chi connectivity index (χ1n) is 8.09. The van der Waals surface area contributed by atoms with Gasteiger partial charge in [-0.2, -0.15) is 0 Å². The van der Waals surface area contributed by atoms with Crippen LogP contribution >= 0.6 is 0 Å². The topological polar surface area (TPSA) is 58.2 Å². The Morgan fingerprint density at radius 1 is 0.640 bits per heavy atom. The molecule has 0 aromatic heterocycles. The van der Waals surface area contributed by atoms with Crippen molar-refractivity contribution in [3.63, 3.8) is 0 Å². The van der Waals surface area contributed by atoms with E-state index in [1.807, 2.05) is 48.5 Å². The standard InChI is InChI=1S/C21H16N2O2/c24-20(22-18-6-2-1-3-7-18)15-5-4-8-19(13-15)23-21(25)16-10-9-14-11-17(14)12-16/h1-10,12-13H,11H2,(H,22,24)(H,23,25). The molecular formula is C21H16N2O2. The molecule has 3 aromatic carbocycles. The third kappa shape index (κ3) is 3.43. The highest BCUT2D eigenvalue weighted by molar-refractivity contribution is 6.07. The molecule has 0 saturated heterocycles. The lowest BCUT2D eigenvalue weighted by Gasteiger charge is -2.08. The molecule has 1 aliphatic rings. The van der Waals surface area contributed by atoms with Crippen molar-refractivity contribution in [2.24, 2.45) is 0 Å². The van der Waals surface area contributed by atoms with Gasteiger partial charge in [-0.05, 0) is 60.0 Å². The second-order valence-corrected chi connectivity index (χ2v) is 6.02. The fraction of sp³-hybridized carbons (Fsp3) is 0.0476. The number of fused-ring (bicyclic) bond motifs is 1. The molecule has 4 nitrogen and oxygen atoms in total. The van der Waals surface area contributed by atoms with Crippen LogP contribution in [0.5, 0.6) is 0 Å². The Labute approximate surface area is 145 Å². The van der Waals surface area contributed by atoms with Gasteiger partial charge in [0.25, 0.3) is 11.8 Å². The molecule has 25 heavy (non-hydrogen) atoms. The summed E-state index contributed by atoms with van der Waals surface area (Å²) in [5, 5.41) is 5.68. The molecule has 0 radical (unpaired) electrons. The van der Waals surface area contributed by atoms with Gasteiger partial charge in [-0.15, -0.1) is 0 Å². The molecule has 0 unspecified atom stereocenters. The van der Waals surface area contributed by atoms with Crippen molar-refractivity contribution < 1.29 is 9.59 Å². The van der Waals surface area contributed by atoms with Gasteiger partial charge in [0.2, 0.25) is 0 Å². The summed E-state index contributed by atoms with van der Waals surface area (Å²) < 4.78 is 0. The summed E-state index contributed by atoms with van der Waals surface area (Å²) in [6.07, 6.45) is 0.975. The van der Waals surface area contributed by atoms with Crippen molar-refractivity contribution >= 4 is 23.2 Å². The first-order valence-corrected chi connectivity index (χ1v) is 8.09. The largest absolute Gasteiger partial charge is 0.322 e. The van der Waals surface area contributed by atoms with E-state index < -0.39 is 0 Å². The van der Waals surface area contributed by atoms with E-state index in [-0.39, 0.29) is 11.8 Å². The number of rotatable bonds is 4. The zero-order valence-electron chi connectivity index (χ0n) is 13.5. The van der Waals surface area contributed by atoms with Gasteiger partial charge in [-0.3, -0.25) is 9.59 Å². The lowest BCUT2D eigenvalue weighted by atomic mass is 10.1. The molecule has 1 aliphatic carbocycles. The maximum Gasteiger partial charge on any atom is 0.255 e. The Morgan fingerprint density at radius 3 is 2.08 bits per heavy atom. The number of carbonyl (C=O) groups excluding carboxylic acids is 2. The fourth-order valence-corrected chi connectivity index (χ4v) is 2.70. The van der Waals surface area contributed by atoms with Crippen molar-refractivity contribution in [2.75, 3.05) is 10.6 Å². The van der Waals surface area contributed by atoms with Crippen LogP contribution in [0.25, 0.3) is 0 Å². The summed E-state index contributed by atoms with van der Waals surface area (Å²) in [5.41, 5.74) is 4.97. The normalized spacial score (nSPS) is 11.4. The lowest BCUT2D eigenvalue weighted by molar-refractivity contribution is 0.101. The van der Waals surface area contributed by atoms with E-state index in [0.29, 0.717) is 16.8 Å². The molecule has 0 spiro atoms. The minimum Gasteiger partial charge on any atom is -0.322 e. The Morgan fingerprint density at radius 2 is 1.32 bits per heavy atom. The molecule has 4 heteroatoms. The van der Waals surface area contributed by atoms with Crippen molar-refractivity contribution in [3.8, 4) is 0 Å². The van der Waals surface area contributed by atoms with E-state index in [0.717, 1.165) is 12.1 Å². The second kappa shape index (κ2) is 6.24. The summed E-state index contributed by atoms with van der Waals surface area (Å²) in [5.74, 6) is -0.387. The molecule has 0 bridgehead atoms. The van der Waals surface area contributed by atoms with Crippen LogP contribution in [0, 0.1) is 0 Å². The van der Waals surface area contributed by atoms with Crippen LogP contribution in [-0.4, -0.2) is 11.8 Å². The predicted molar refractivity (Wildman–Crippen MR) is 98.0 cm³/mol. The summed E-state index contributed by atoms with van der Waals surface area (Å²) in [6, 6.07) is 21.9. The smallest absolute Gasteiger partial charge is 0.255 e. The van der Waals surface area contributed by atoms with Crippen LogP contribution in [0.1, 0.15) is 31.8 Å². The Hall–Kier alpha value is -3.40. The summed E-state index contributed by atoms with van der Waals surface area (Å²) >= 11 is 0. The van der Waals surface area contributed by atoms with Gasteiger partial charge in [0, 0.05) is 22.5 Å². The first kappa shape index (κ1) is 15.1. The van der Waals surface area contributed by atoms with Gasteiger partial charge >= 0.3 is 0 Å². The van der Waals surface area contributed by atoms with Gasteiger partial charge in [0.15, 0.2) is 0 Å². The van der Waals surface area contributed by atoms with Crippen LogP contribution in [-0.2, 0) is 6.42 Å². The molecule has 4 rings (SSSR count). The van der Waals surface area contributed by atoms with Crippen LogP contribution in [0.15, 0.2) is 72.8 Å². The quantitative estimate of drug-likeness (QED) is 0.593. The maximum absolute atomic E-state index is 12.3. The average molecular weight is 328 g/mol. The van der Waals surface area contributed by atoms with E-state index in [4.69, 9.17) is 0 Å². The Bertz CT molecular complexity index is 965. The summed E-state index contributed by atoms with van der Waals surface area (Å²) in [7, 11) is 0. The Balaban J connectivity index is 1.47. The van der Waals surface area contributed by atoms with E-state index >= 15 is 0 Å². The number of carbonyl (C=O) groups is 2. The molecule has 0 fully saturated rings. The van der Waals surface area contributed by atoms with Crippen LogP contribution < -0.4 is 10.6 Å². The lowest BCUT2D eigenvalue weighted by Crippen LogP contribution is -2.14. The highest BCUT2D eigenvalue weighted by Gasteiger charge is 2.18. The second-order valence-electron chi connectivity index (χ2n) is 6.02. The van der Waals surface area contributed by atoms with Gasteiger partial charge < -0.3 is 10.6 Å². The number of benzene rings is 3. The third-order valence-corrected chi connectivity index (χ3v) is 4.14. The van der Waals surface area contributed by atoms with Gasteiger partial charge in [0.1, 0.15) is 0 Å². The molecule has 0 saturated carbocycles. The molecule has 0 atom stereocenters. The molecule has 0 heterocycles. The first-order chi connectivity index (χ1) is 12.2. The van der Waals surface area contributed by atoms with Gasteiger partial charge in [-0.25, -0.2) is 0 Å². The number of para-hydroxylation sites is 1. The third-order valence-electron chi connectivity index (χ3n) is 4.14. The molecule has 2 N–H and O–H groups in total. The molecule has 2 amide bonds. The van der Waals surface area contributed by atoms with Crippen LogP contribution in [0.2, 0.25) is 0 Å². The van der Waals surface area contributed by atoms with Crippen LogP contribution in [0.4, 0.5) is 11.4 Å². The molecule has 3 aromatic rings. The van der Waals surface area contributed by atoms with Crippen molar-refractivity contribution in [3.05, 3.63) is 95.1 Å². The SMILES string of the molecule is O=C(Nc1ccccc1)c1cccc(NC(=O)c2ccc3c(c2)C3)c1. The van der Waals surface area contributed by atoms with Gasteiger partial charge in [0.05, 0.1) is 0 Å². The zero-order valence-corrected chi connectivity index (χ0v) is 13.5. The fourth-order valence-electron chi connectivity index (χ4n) is 2.70. The number of anilines is 2. The highest BCUT2D eigenvalue weighted by atomic mass is 16.2. The maximum atomic E-state index is 12.3. The Kier molecular flexibility index (Phi) is 3.78. The van der Waals surface area contributed by atoms with Crippen LogP contribution in [0.3, 0.4) is 0 Å². The molecule has 0 aliphatic heterocycles. The average Bonchev–Trinajstić information content (AvgIpc) is 3.41. The summed E-state index contributed by atoms with van der Waals surface area (Å²) in [6.45, 7) is 0. The monoisotopic (exact) mass is 328 g/mol. The van der Waals surface area contributed by atoms with Crippen molar-refractivity contribution in [2.45, 2.75) is 6.42 Å². The van der Waals surface area contributed by atoms with Crippen molar-refractivity contribution in [1.82, 2.24) is 0 Å². The minimum absolute atomic E-state index is 0.171. The van der Waals surface area contributed by atoms with E-state index in [1.54, 1.807) is 24.3 Å². The van der Waals surface area contributed by atoms with E-state index in [2.05, 4.69) is 10.6 Å². The molecular weight excluding hydrogens is 312 g/mol. The van der Waals surface area contributed by atoms with E-state index in [1.165, 1.54) is 11.1 Å². The number of nitrogens with one attached hydrogen (secondary N) is 2. The summed E-state index contributed by atoms with van der Waals surface area (Å²) in [4.78, 5) is 24.7.